The largest absolute Gasteiger partial charge is 0.420 e. The maximum absolute atomic E-state index is 13.3. The molecule has 2 aromatic rings. The van der Waals surface area contributed by atoms with E-state index < -0.39 is 32.2 Å². The van der Waals surface area contributed by atoms with Gasteiger partial charge in [-0.2, -0.15) is 0 Å². The number of hydrogen-bond acceptors (Lipinski definition) is 4. The smallest absolute Gasteiger partial charge is 0.417 e. The lowest BCUT2D eigenvalue weighted by atomic mass is 9.76. The molecular weight excluding hydrogens is 454 g/mol. The van der Waals surface area contributed by atoms with Gasteiger partial charge in [-0.05, 0) is 42.8 Å². The van der Waals surface area contributed by atoms with Gasteiger partial charge in [-0.3, -0.25) is 4.90 Å². The van der Waals surface area contributed by atoms with Crippen molar-refractivity contribution < 1.29 is 18.7 Å². The minimum atomic E-state index is -1.91. The predicted octanol–water partition coefficient (Wildman–Crippen LogP) is 5.96. The van der Waals surface area contributed by atoms with Gasteiger partial charge in [-0.15, -0.1) is 12.8 Å². The van der Waals surface area contributed by atoms with Gasteiger partial charge in [0.1, 0.15) is 23.5 Å². The van der Waals surface area contributed by atoms with Gasteiger partial charge in [0.25, 0.3) is 0 Å². The van der Waals surface area contributed by atoms with Crippen LogP contribution in [0.15, 0.2) is 54.6 Å². The predicted molar refractivity (Wildman–Crippen MR) is 141 cm³/mol. The summed E-state index contributed by atoms with van der Waals surface area (Å²) in [7, 11) is -1.91. The molecule has 5 nitrogen and oxygen atoms in total. The van der Waals surface area contributed by atoms with E-state index in [4.69, 9.17) is 26.7 Å². The van der Waals surface area contributed by atoms with Gasteiger partial charge < -0.3 is 13.9 Å². The molecular formula is C29H33NO4Si. The molecule has 2 aliphatic rings. The summed E-state index contributed by atoms with van der Waals surface area (Å²) in [6.45, 7) is 11.7. The van der Waals surface area contributed by atoms with Crippen molar-refractivity contribution in [2.75, 3.05) is 11.5 Å². The molecule has 0 aliphatic carbocycles. The molecule has 35 heavy (non-hydrogen) atoms. The van der Waals surface area contributed by atoms with E-state index >= 15 is 0 Å². The monoisotopic (exact) mass is 487 g/mol. The number of hydrogen-bond donors (Lipinski definition) is 0. The lowest BCUT2D eigenvalue weighted by Crippen LogP contribution is -2.51. The first-order valence-corrected chi connectivity index (χ1v) is 14.9. The molecule has 0 radical (unpaired) electrons. The van der Waals surface area contributed by atoms with Gasteiger partial charge in [0.2, 0.25) is 0 Å². The van der Waals surface area contributed by atoms with Crippen LogP contribution in [0.4, 0.5) is 10.5 Å². The molecule has 1 amide bonds. The van der Waals surface area contributed by atoms with Crippen molar-refractivity contribution in [2.24, 2.45) is 5.92 Å². The first-order valence-electron chi connectivity index (χ1n) is 12.0. The van der Waals surface area contributed by atoms with Crippen molar-refractivity contribution in [1.29, 1.82) is 0 Å². The molecule has 0 aromatic heterocycles. The van der Waals surface area contributed by atoms with Gasteiger partial charge in [-0.25, -0.2) is 4.79 Å². The maximum Gasteiger partial charge on any atom is 0.420 e. The zero-order chi connectivity index (χ0) is 25.4. The summed E-state index contributed by atoms with van der Waals surface area (Å²) in [5.41, 5.74) is 0.773. The molecule has 6 heteroatoms. The van der Waals surface area contributed by atoms with E-state index in [2.05, 4.69) is 45.7 Å². The number of carbonyl (C=O) groups is 1. The highest BCUT2D eigenvalue weighted by Crippen LogP contribution is 2.60. The minimum absolute atomic E-state index is 0.112. The average Bonchev–Trinajstić information content (AvgIpc) is 3.57. The Morgan fingerprint density at radius 2 is 1.80 bits per heavy atom. The molecule has 2 aliphatic heterocycles. The molecule has 1 saturated heterocycles. The van der Waals surface area contributed by atoms with Gasteiger partial charge in [0, 0.05) is 12.2 Å². The van der Waals surface area contributed by atoms with Crippen molar-refractivity contribution >= 4 is 20.1 Å². The Bertz CT molecular complexity index is 1170. The van der Waals surface area contributed by atoms with Crippen LogP contribution in [0.5, 0.6) is 5.75 Å². The number of benzene rings is 2. The highest BCUT2D eigenvalue weighted by molar-refractivity contribution is 6.74. The number of ether oxygens (including phenoxy) is 2. The summed E-state index contributed by atoms with van der Waals surface area (Å²) in [5.74, 6) is 5.92. The number of amides is 1. The van der Waals surface area contributed by atoms with Crippen LogP contribution in [-0.4, -0.2) is 33.2 Å². The van der Waals surface area contributed by atoms with Crippen LogP contribution >= 0.6 is 0 Å². The van der Waals surface area contributed by atoms with Crippen LogP contribution in [-0.2, 0) is 14.8 Å². The Labute approximate surface area is 209 Å². The molecule has 0 saturated carbocycles. The molecule has 2 heterocycles. The van der Waals surface area contributed by atoms with Gasteiger partial charge in [-0.1, -0.05) is 69.0 Å². The summed E-state index contributed by atoms with van der Waals surface area (Å²) in [6.07, 6.45) is 11.7. The van der Waals surface area contributed by atoms with E-state index in [1.165, 1.54) is 4.90 Å². The van der Waals surface area contributed by atoms with Crippen molar-refractivity contribution in [3.05, 3.63) is 60.2 Å². The van der Waals surface area contributed by atoms with Crippen LogP contribution in [0.3, 0.4) is 0 Å². The Hall–Kier alpha value is -3.03. The van der Waals surface area contributed by atoms with Crippen molar-refractivity contribution in [3.8, 4) is 30.4 Å². The van der Waals surface area contributed by atoms with Gasteiger partial charge in [0.05, 0.1) is 11.6 Å². The van der Waals surface area contributed by atoms with Crippen molar-refractivity contribution in [2.45, 2.75) is 63.1 Å². The number of epoxide rings is 1. The number of para-hydroxylation sites is 2. The van der Waals surface area contributed by atoms with Gasteiger partial charge in [0.15, 0.2) is 8.32 Å². The SMILES string of the molecule is C#C[C@@H]1[C@H]2O[C@@]2([C@H](C#C)CCO[Si](C)(C)C(C)(C)C)c2ccccc2N1C(=O)Oc1ccccc1. The first kappa shape index (κ1) is 25.1. The van der Waals surface area contributed by atoms with E-state index in [0.29, 0.717) is 24.5 Å². The number of terminal acetylenes is 2. The zero-order valence-corrected chi connectivity index (χ0v) is 22.1. The van der Waals surface area contributed by atoms with Crippen molar-refractivity contribution in [3.63, 3.8) is 0 Å². The Kier molecular flexibility index (Phi) is 6.59. The van der Waals surface area contributed by atoms with E-state index in [0.717, 1.165) is 5.56 Å². The minimum Gasteiger partial charge on any atom is -0.417 e. The van der Waals surface area contributed by atoms with Crippen LogP contribution < -0.4 is 9.64 Å². The molecule has 2 aromatic carbocycles. The van der Waals surface area contributed by atoms with E-state index in [-0.39, 0.29) is 11.0 Å². The zero-order valence-electron chi connectivity index (χ0n) is 21.1. The molecule has 0 unspecified atom stereocenters. The number of fused-ring (bicyclic) bond motifs is 3. The number of carbonyl (C=O) groups excluding carboxylic acids is 1. The number of anilines is 1. The average molecular weight is 488 g/mol. The van der Waals surface area contributed by atoms with Crippen molar-refractivity contribution in [1.82, 2.24) is 0 Å². The number of nitrogens with zero attached hydrogens (tertiary/aromatic N) is 1. The van der Waals surface area contributed by atoms with Crippen LogP contribution in [0.25, 0.3) is 0 Å². The summed E-state index contributed by atoms with van der Waals surface area (Å²) in [5, 5.41) is 0.112. The molecule has 4 atom stereocenters. The van der Waals surface area contributed by atoms with E-state index in [1.54, 1.807) is 12.1 Å². The lowest BCUT2D eigenvalue weighted by molar-refractivity contribution is 0.204. The van der Waals surface area contributed by atoms with E-state index in [9.17, 15) is 4.79 Å². The van der Waals surface area contributed by atoms with Crippen LogP contribution in [0.2, 0.25) is 18.1 Å². The lowest BCUT2D eigenvalue weighted by Gasteiger charge is -2.38. The molecule has 182 valence electrons. The first-order chi connectivity index (χ1) is 16.6. The Morgan fingerprint density at radius 1 is 1.14 bits per heavy atom. The summed E-state index contributed by atoms with van der Waals surface area (Å²) >= 11 is 0. The van der Waals surface area contributed by atoms with Crippen LogP contribution in [0.1, 0.15) is 32.8 Å². The third-order valence-corrected chi connectivity index (χ3v) is 12.1. The maximum atomic E-state index is 13.3. The molecule has 1 fully saturated rings. The fraction of sp³-hybridized carbons (Fsp3) is 0.414. The van der Waals surface area contributed by atoms with E-state index in [1.807, 2.05) is 42.5 Å². The van der Waals surface area contributed by atoms with Gasteiger partial charge >= 0.3 is 6.09 Å². The standard InChI is InChI=1S/C29H33NO4Si/c1-8-21(19-20-32-35(6,7)28(3,4)5)29-23-17-13-14-18-25(23)30(24(9-2)26(29)34-29)27(31)33-22-15-11-10-12-16-22/h1-2,10-18,21,24,26H,19-20H2,3-7H3/t21-,24-,26-,29+/m1/s1. The Morgan fingerprint density at radius 3 is 2.43 bits per heavy atom. The topological polar surface area (TPSA) is 51.3 Å². The third kappa shape index (κ3) is 4.39. The fourth-order valence-electron chi connectivity index (χ4n) is 4.54. The quantitative estimate of drug-likeness (QED) is 0.286. The second-order valence-corrected chi connectivity index (χ2v) is 15.4. The highest BCUT2D eigenvalue weighted by Gasteiger charge is 2.70. The summed E-state index contributed by atoms with van der Waals surface area (Å²) in [6, 6.07) is 15.9. The second-order valence-electron chi connectivity index (χ2n) is 10.6. The highest BCUT2D eigenvalue weighted by atomic mass is 28.4. The molecule has 4 rings (SSSR count). The molecule has 0 N–H and O–H groups in total. The van der Waals surface area contributed by atoms with Crippen LogP contribution in [0, 0.1) is 30.6 Å². The summed E-state index contributed by atoms with van der Waals surface area (Å²) < 4.78 is 18.4. The molecule has 0 spiro atoms. The normalized spacial score (nSPS) is 23.8. The molecule has 0 bridgehead atoms. The second kappa shape index (κ2) is 9.20. The summed E-state index contributed by atoms with van der Waals surface area (Å²) in [4.78, 5) is 14.8. The third-order valence-electron chi connectivity index (χ3n) is 7.55. The number of rotatable bonds is 6. The fourth-order valence-corrected chi connectivity index (χ4v) is 5.60. The Balaban J connectivity index is 1.62.